The summed E-state index contributed by atoms with van der Waals surface area (Å²) in [6.45, 7) is 0.308. The van der Waals surface area contributed by atoms with Crippen molar-refractivity contribution < 1.29 is 19.1 Å². The molecule has 0 radical (unpaired) electrons. The lowest BCUT2D eigenvalue weighted by Gasteiger charge is -2.11. The second-order valence-electron chi connectivity index (χ2n) is 6.19. The van der Waals surface area contributed by atoms with E-state index in [0.717, 1.165) is 11.3 Å². The summed E-state index contributed by atoms with van der Waals surface area (Å²) < 4.78 is 11.3. The average molecular weight is 392 g/mol. The Morgan fingerprint density at radius 3 is 2.31 bits per heavy atom. The normalized spacial score (nSPS) is 10.3. The molecule has 1 N–H and O–H groups in total. The van der Waals surface area contributed by atoms with Crippen molar-refractivity contribution in [2.24, 2.45) is 0 Å². The zero-order chi connectivity index (χ0) is 20.8. The van der Waals surface area contributed by atoms with Gasteiger partial charge in [-0.15, -0.1) is 0 Å². The van der Waals surface area contributed by atoms with Crippen molar-refractivity contribution in [1.82, 2.24) is 4.57 Å². The highest BCUT2D eigenvalue weighted by molar-refractivity contribution is 6.07. The number of hydrogen-bond acceptors (Lipinski definition) is 5. The van der Waals surface area contributed by atoms with Gasteiger partial charge >= 0.3 is 5.97 Å². The average Bonchev–Trinajstić information content (AvgIpc) is 2.75. The quantitative estimate of drug-likeness (QED) is 0.652. The summed E-state index contributed by atoms with van der Waals surface area (Å²) in [7, 11) is 2.84. The molecule has 0 bridgehead atoms. The lowest BCUT2D eigenvalue weighted by Crippen LogP contribution is -2.29. The molecule has 7 nitrogen and oxygen atoms in total. The zero-order valence-corrected chi connectivity index (χ0v) is 16.0. The predicted octanol–water partition coefficient (Wildman–Crippen LogP) is 2.94. The Balaban J connectivity index is 1.85. The molecule has 0 saturated carbocycles. The molecule has 1 heterocycles. The van der Waals surface area contributed by atoms with Crippen molar-refractivity contribution in [3.63, 3.8) is 0 Å². The number of esters is 1. The van der Waals surface area contributed by atoms with Gasteiger partial charge < -0.3 is 19.4 Å². The summed E-state index contributed by atoms with van der Waals surface area (Å²) in [5.41, 5.74) is 0.908. The summed E-state index contributed by atoms with van der Waals surface area (Å²) in [5, 5.41) is 2.62. The molecule has 2 aromatic carbocycles. The maximum absolute atomic E-state index is 12.8. The maximum atomic E-state index is 12.8. The van der Waals surface area contributed by atoms with Crippen molar-refractivity contribution in [3.05, 3.63) is 93.9 Å². The van der Waals surface area contributed by atoms with Crippen LogP contribution in [-0.4, -0.2) is 30.7 Å². The molecular weight excluding hydrogens is 372 g/mol. The van der Waals surface area contributed by atoms with Crippen molar-refractivity contribution in [2.75, 3.05) is 19.5 Å². The number of carbonyl (C=O) groups is 2. The molecule has 0 aliphatic carbocycles. The van der Waals surface area contributed by atoms with Crippen molar-refractivity contribution in [1.29, 1.82) is 0 Å². The summed E-state index contributed by atoms with van der Waals surface area (Å²) >= 11 is 0. The second-order valence-corrected chi connectivity index (χ2v) is 6.19. The summed E-state index contributed by atoms with van der Waals surface area (Å²) in [5.74, 6) is -0.459. The smallest absolute Gasteiger partial charge is 0.339 e. The number of amides is 1. The molecule has 148 valence electrons. The summed E-state index contributed by atoms with van der Waals surface area (Å²) in [6, 6.07) is 16.8. The van der Waals surface area contributed by atoms with Crippen molar-refractivity contribution in [2.45, 2.75) is 6.54 Å². The van der Waals surface area contributed by atoms with Crippen molar-refractivity contribution >= 4 is 17.6 Å². The van der Waals surface area contributed by atoms with Crippen LogP contribution in [0.4, 0.5) is 5.69 Å². The van der Waals surface area contributed by atoms with Gasteiger partial charge in [0.15, 0.2) is 0 Å². The van der Waals surface area contributed by atoms with Gasteiger partial charge in [-0.1, -0.05) is 24.3 Å². The number of nitrogens with zero attached hydrogens (tertiary/aromatic N) is 1. The number of pyridine rings is 1. The molecule has 0 unspecified atom stereocenters. The van der Waals surface area contributed by atoms with Crippen LogP contribution in [0.25, 0.3) is 0 Å². The lowest BCUT2D eigenvalue weighted by atomic mass is 10.1. The summed E-state index contributed by atoms with van der Waals surface area (Å²) in [6.07, 6.45) is 1.62. The number of hydrogen-bond donors (Lipinski definition) is 1. The highest BCUT2D eigenvalue weighted by Gasteiger charge is 2.17. The van der Waals surface area contributed by atoms with Gasteiger partial charge in [0.1, 0.15) is 11.3 Å². The largest absolute Gasteiger partial charge is 0.497 e. The van der Waals surface area contributed by atoms with E-state index >= 15 is 0 Å². The van der Waals surface area contributed by atoms with Gasteiger partial charge in [-0.2, -0.15) is 0 Å². The van der Waals surface area contributed by atoms with Gasteiger partial charge in [0.05, 0.1) is 32.0 Å². The van der Waals surface area contributed by atoms with Crippen LogP contribution in [0.3, 0.4) is 0 Å². The third-order valence-electron chi connectivity index (χ3n) is 4.36. The van der Waals surface area contributed by atoms with Crippen LogP contribution in [0, 0.1) is 0 Å². The molecule has 29 heavy (non-hydrogen) atoms. The molecule has 7 heteroatoms. The number of benzene rings is 2. The topological polar surface area (TPSA) is 86.6 Å². The third kappa shape index (κ3) is 4.52. The Bertz CT molecular complexity index is 1090. The van der Waals surface area contributed by atoms with E-state index in [0.29, 0.717) is 6.54 Å². The fraction of sp³-hybridized carbons (Fsp3) is 0.136. The Labute approximate surface area is 167 Å². The van der Waals surface area contributed by atoms with Crippen LogP contribution in [-0.2, 0) is 11.3 Å². The second kappa shape index (κ2) is 8.88. The van der Waals surface area contributed by atoms with E-state index in [1.165, 1.54) is 23.8 Å². The third-order valence-corrected chi connectivity index (χ3v) is 4.36. The molecule has 0 spiro atoms. The molecule has 1 aromatic heterocycles. The van der Waals surface area contributed by atoms with Crippen LogP contribution in [0.5, 0.6) is 5.75 Å². The molecule has 1 amide bonds. The van der Waals surface area contributed by atoms with Crippen LogP contribution in [0.2, 0.25) is 0 Å². The highest BCUT2D eigenvalue weighted by atomic mass is 16.5. The Kier molecular flexibility index (Phi) is 6.09. The molecule has 0 fully saturated rings. The first-order valence-corrected chi connectivity index (χ1v) is 8.84. The maximum Gasteiger partial charge on any atom is 0.339 e. The number of methoxy groups -OCH3 is 2. The Morgan fingerprint density at radius 2 is 1.62 bits per heavy atom. The minimum Gasteiger partial charge on any atom is -0.497 e. The van der Waals surface area contributed by atoms with Crippen LogP contribution < -0.4 is 15.6 Å². The first kappa shape index (κ1) is 19.9. The monoisotopic (exact) mass is 392 g/mol. The van der Waals surface area contributed by atoms with E-state index in [4.69, 9.17) is 9.47 Å². The molecule has 0 atom stereocenters. The van der Waals surface area contributed by atoms with E-state index in [1.54, 1.807) is 49.7 Å². The van der Waals surface area contributed by atoms with E-state index in [-0.39, 0.29) is 16.8 Å². The number of rotatable bonds is 6. The zero-order valence-electron chi connectivity index (χ0n) is 16.0. The highest BCUT2D eigenvalue weighted by Crippen LogP contribution is 2.17. The van der Waals surface area contributed by atoms with Gasteiger partial charge in [0.2, 0.25) is 0 Å². The van der Waals surface area contributed by atoms with Crippen molar-refractivity contribution in [3.8, 4) is 5.75 Å². The number of carbonyl (C=O) groups excluding carboxylic acids is 2. The number of aromatic nitrogens is 1. The number of anilines is 1. The van der Waals surface area contributed by atoms with Gasteiger partial charge in [-0.05, 0) is 42.0 Å². The van der Waals surface area contributed by atoms with Crippen LogP contribution >= 0.6 is 0 Å². The lowest BCUT2D eigenvalue weighted by molar-refractivity contribution is 0.0602. The first-order valence-electron chi connectivity index (χ1n) is 8.84. The predicted molar refractivity (Wildman–Crippen MR) is 109 cm³/mol. The number of para-hydroxylation sites is 1. The van der Waals surface area contributed by atoms with E-state index in [1.807, 2.05) is 12.1 Å². The SMILES string of the molecule is COC(=O)c1ccccc1NC(=O)c1cccn(Cc2ccc(OC)cc2)c1=O. The molecule has 3 rings (SSSR count). The fourth-order valence-electron chi connectivity index (χ4n) is 2.83. The van der Waals surface area contributed by atoms with E-state index < -0.39 is 17.4 Å². The summed E-state index contributed by atoms with van der Waals surface area (Å²) in [4.78, 5) is 37.4. The number of nitrogens with one attached hydrogen (secondary N) is 1. The standard InChI is InChI=1S/C22H20N2O5/c1-28-16-11-9-15(10-12-16)14-24-13-5-7-18(21(24)26)20(25)23-19-8-4-3-6-17(19)22(27)29-2/h3-13H,14H2,1-2H3,(H,23,25). The minimum absolute atomic E-state index is 0.0271. The Morgan fingerprint density at radius 1 is 0.931 bits per heavy atom. The molecule has 0 saturated heterocycles. The number of ether oxygens (including phenoxy) is 2. The molecule has 3 aromatic rings. The van der Waals surface area contributed by atoms with Gasteiger partial charge in [0.25, 0.3) is 11.5 Å². The fourth-order valence-corrected chi connectivity index (χ4v) is 2.83. The molecule has 0 aliphatic rings. The van der Waals surface area contributed by atoms with E-state index in [2.05, 4.69) is 5.32 Å². The van der Waals surface area contributed by atoms with Gasteiger partial charge in [-0.3, -0.25) is 9.59 Å². The van der Waals surface area contributed by atoms with Gasteiger partial charge in [0, 0.05) is 6.20 Å². The van der Waals surface area contributed by atoms with Crippen LogP contribution in [0.15, 0.2) is 71.7 Å². The van der Waals surface area contributed by atoms with E-state index in [9.17, 15) is 14.4 Å². The minimum atomic E-state index is -0.601. The van der Waals surface area contributed by atoms with Gasteiger partial charge in [-0.25, -0.2) is 4.79 Å². The Hall–Kier alpha value is -3.87. The molecular formula is C22H20N2O5. The van der Waals surface area contributed by atoms with Crippen LogP contribution in [0.1, 0.15) is 26.3 Å². The molecule has 0 aliphatic heterocycles. The first-order chi connectivity index (χ1) is 14.0.